The molecule has 0 N–H and O–H groups in total. The predicted molar refractivity (Wildman–Crippen MR) is 214 cm³/mol. The maximum Gasteiger partial charge on any atom is 0.164 e. The standard InChI is InChI=1S/C47H34N4O/c1-2-3-13-30-22-24-32(25-23-30)46-48-45(31-14-5-4-6-15-31)49-47(50-46)33-26-28-34(29-27-33)51-39-20-11-9-18-37(39)41-35-16-7-8-17-36(35)42-38-19-10-12-21-40(38)52-44(42)43(41)51/h4-12,14-29H,2-3,13H2,1H3. The van der Waals surface area contributed by atoms with Gasteiger partial charge in [-0.15, -0.1) is 0 Å². The fourth-order valence-electron chi connectivity index (χ4n) is 7.71. The molecule has 0 aliphatic rings. The van der Waals surface area contributed by atoms with E-state index in [0.29, 0.717) is 17.5 Å². The molecule has 0 spiro atoms. The Morgan fingerprint density at radius 3 is 1.71 bits per heavy atom. The van der Waals surface area contributed by atoms with Gasteiger partial charge in [0.05, 0.1) is 11.0 Å². The van der Waals surface area contributed by atoms with Gasteiger partial charge < -0.3 is 8.98 Å². The van der Waals surface area contributed by atoms with E-state index in [4.69, 9.17) is 19.4 Å². The molecule has 0 unspecified atom stereocenters. The number of aromatic nitrogens is 4. The number of para-hydroxylation sites is 2. The normalized spacial score (nSPS) is 11.8. The summed E-state index contributed by atoms with van der Waals surface area (Å²) >= 11 is 0. The summed E-state index contributed by atoms with van der Waals surface area (Å²) in [5.41, 5.74) is 9.19. The molecule has 5 nitrogen and oxygen atoms in total. The highest BCUT2D eigenvalue weighted by Crippen LogP contribution is 2.45. The lowest BCUT2D eigenvalue weighted by atomic mass is 9.99. The second kappa shape index (κ2) is 12.3. The number of nitrogens with zero attached hydrogens (tertiary/aromatic N) is 4. The van der Waals surface area contributed by atoms with Crippen LogP contribution in [0.1, 0.15) is 25.3 Å². The van der Waals surface area contributed by atoms with Crippen LogP contribution in [-0.2, 0) is 6.42 Å². The van der Waals surface area contributed by atoms with E-state index in [9.17, 15) is 0 Å². The van der Waals surface area contributed by atoms with Crippen molar-refractivity contribution in [3.8, 4) is 39.9 Å². The highest BCUT2D eigenvalue weighted by Gasteiger charge is 2.23. The summed E-state index contributed by atoms with van der Waals surface area (Å²) in [6.45, 7) is 2.22. The molecule has 0 radical (unpaired) electrons. The molecule has 52 heavy (non-hydrogen) atoms. The SMILES string of the molecule is CCCCc1ccc(-c2nc(-c3ccccc3)nc(-c3ccc(-n4c5ccccc5c5c6ccccc6c6c7ccccc7oc6c54)cc3)n2)cc1. The number of furan rings is 1. The first-order valence-electron chi connectivity index (χ1n) is 18.0. The van der Waals surface area contributed by atoms with Crippen LogP contribution in [0, 0.1) is 0 Å². The van der Waals surface area contributed by atoms with Crippen molar-refractivity contribution < 1.29 is 4.42 Å². The molecule has 0 saturated heterocycles. The summed E-state index contributed by atoms with van der Waals surface area (Å²) in [4.78, 5) is 15.0. The van der Waals surface area contributed by atoms with Crippen molar-refractivity contribution in [2.45, 2.75) is 26.2 Å². The lowest BCUT2D eigenvalue weighted by molar-refractivity contribution is 0.671. The Bertz CT molecular complexity index is 2920. The van der Waals surface area contributed by atoms with Crippen LogP contribution in [0.4, 0.5) is 0 Å². The van der Waals surface area contributed by atoms with Gasteiger partial charge in [-0.1, -0.05) is 129 Å². The summed E-state index contributed by atoms with van der Waals surface area (Å²) in [6, 6.07) is 53.1. The lowest BCUT2D eigenvalue weighted by Gasteiger charge is -2.11. The Morgan fingerprint density at radius 1 is 0.500 bits per heavy atom. The third kappa shape index (κ3) is 4.89. The van der Waals surface area contributed by atoms with Crippen LogP contribution in [-0.4, -0.2) is 19.5 Å². The van der Waals surface area contributed by atoms with Gasteiger partial charge in [-0.2, -0.15) is 0 Å². The van der Waals surface area contributed by atoms with Crippen LogP contribution in [0.25, 0.3) is 94.4 Å². The monoisotopic (exact) mass is 670 g/mol. The Hall–Kier alpha value is -6.59. The topological polar surface area (TPSA) is 56.7 Å². The second-order valence-corrected chi connectivity index (χ2v) is 13.4. The van der Waals surface area contributed by atoms with Crippen LogP contribution >= 0.6 is 0 Å². The molecule has 5 heteroatoms. The number of hydrogen-bond donors (Lipinski definition) is 0. The van der Waals surface area contributed by atoms with E-state index in [1.54, 1.807) is 0 Å². The second-order valence-electron chi connectivity index (χ2n) is 13.4. The van der Waals surface area contributed by atoms with Crippen LogP contribution in [0.15, 0.2) is 156 Å². The maximum atomic E-state index is 6.75. The van der Waals surface area contributed by atoms with Gasteiger partial charge in [0.25, 0.3) is 0 Å². The molecule has 3 aromatic heterocycles. The minimum absolute atomic E-state index is 0.637. The third-order valence-corrected chi connectivity index (χ3v) is 10.2. The predicted octanol–water partition coefficient (Wildman–Crippen LogP) is 12.4. The number of fused-ring (bicyclic) bond motifs is 10. The number of unbranched alkanes of at least 4 members (excludes halogenated alkanes) is 1. The van der Waals surface area contributed by atoms with E-state index in [2.05, 4.69) is 127 Å². The highest BCUT2D eigenvalue weighted by atomic mass is 16.3. The number of aryl methyl sites for hydroxylation is 1. The molecule has 0 amide bonds. The van der Waals surface area contributed by atoms with Crippen LogP contribution in [0.2, 0.25) is 0 Å². The molecule has 0 saturated carbocycles. The molecule has 10 rings (SSSR count). The quantitative estimate of drug-likeness (QED) is 0.169. The maximum absolute atomic E-state index is 6.75. The molecule has 7 aromatic carbocycles. The van der Waals surface area contributed by atoms with Gasteiger partial charge >= 0.3 is 0 Å². The molecule has 0 aliphatic carbocycles. The molecule has 0 bridgehead atoms. The van der Waals surface area contributed by atoms with Gasteiger partial charge in [-0.3, -0.25) is 0 Å². The van der Waals surface area contributed by atoms with E-state index in [1.165, 1.54) is 39.9 Å². The molecule has 10 aromatic rings. The summed E-state index contributed by atoms with van der Waals surface area (Å²) in [7, 11) is 0. The van der Waals surface area contributed by atoms with Gasteiger partial charge in [-0.05, 0) is 65.6 Å². The van der Waals surface area contributed by atoms with Crippen molar-refractivity contribution in [2.75, 3.05) is 0 Å². The van der Waals surface area contributed by atoms with Gasteiger partial charge in [-0.25, -0.2) is 15.0 Å². The number of hydrogen-bond acceptors (Lipinski definition) is 4. The summed E-state index contributed by atoms with van der Waals surface area (Å²) in [5, 5.41) is 7.06. The molecule has 3 heterocycles. The van der Waals surface area contributed by atoms with Crippen molar-refractivity contribution in [3.05, 3.63) is 157 Å². The largest absolute Gasteiger partial charge is 0.454 e. The van der Waals surface area contributed by atoms with E-state index < -0.39 is 0 Å². The Labute approximate surface area is 300 Å². The zero-order chi connectivity index (χ0) is 34.6. The zero-order valence-electron chi connectivity index (χ0n) is 28.8. The van der Waals surface area contributed by atoms with Crippen molar-refractivity contribution in [3.63, 3.8) is 0 Å². The van der Waals surface area contributed by atoms with Crippen LogP contribution < -0.4 is 0 Å². The number of rotatable bonds is 7. The van der Waals surface area contributed by atoms with Gasteiger partial charge in [0.15, 0.2) is 23.1 Å². The third-order valence-electron chi connectivity index (χ3n) is 10.2. The molecule has 0 aliphatic heterocycles. The van der Waals surface area contributed by atoms with E-state index in [-0.39, 0.29) is 0 Å². The molecule has 248 valence electrons. The minimum atomic E-state index is 0.637. The fourth-order valence-corrected chi connectivity index (χ4v) is 7.71. The fraction of sp³-hybridized carbons (Fsp3) is 0.0851. The smallest absolute Gasteiger partial charge is 0.164 e. The minimum Gasteiger partial charge on any atom is -0.454 e. The Kier molecular flexibility index (Phi) is 7.17. The molecule has 0 fully saturated rings. The average Bonchev–Trinajstić information content (AvgIpc) is 3.78. The highest BCUT2D eigenvalue weighted by molar-refractivity contribution is 6.35. The Morgan fingerprint density at radius 2 is 1.04 bits per heavy atom. The first-order chi connectivity index (χ1) is 25.7. The van der Waals surface area contributed by atoms with Crippen molar-refractivity contribution >= 4 is 54.5 Å². The lowest BCUT2D eigenvalue weighted by Crippen LogP contribution is -2.01. The first-order valence-corrected chi connectivity index (χ1v) is 18.0. The molecule has 0 atom stereocenters. The van der Waals surface area contributed by atoms with Crippen LogP contribution in [0.5, 0.6) is 0 Å². The zero-order valence-corrected chi connectivity index (χ0v) is 28.8. The van der Waals surface area contributed by atoms with Gasteiger partial charge in [0, 0.05) is 43.9 Å². The van der Waals surface area contributed by atoms with Crippen molar-refractivity contribution in [2.24, 2.45) is 0 Å². The summed E-state index contributed by atoms with van der Waals surface area (Å²) in [5.74, 6) is 1.95. The van der Waals surface area contributed by atoms with E-state index in [1.807, 2.05) is 36.4 Å². The summed E-state index contributed by atoms with van der Waals surface area (Å²) in [6.07, 6.45) is 3.43. The first kappa shape index (κ1) is 30.3. The molecular weight excluding hydrogens is 637 g/mol. The summed E-state index contributed by atoms with van der Waals surface area (Å²) < 4.78 is 9.09. The van der Waals surface area contributed by atoms with E-state index in [0.717, 1.165) is 61.8 Å². The van der Waals surface area contributed by atoms with Crippen molar-refractivity contribution in [1.82, 2.24) is 19.5 Å². The average molecular weight is 671 g/mol. The van der Waals surface area contributed by atoms with Gasteiger partial charge in [0.2, 0.25) is 0 Å². The van der Waals surface area contributed by atoms with Gasteiger partial charge in [0.1, 0.15) is 5.58 Å². The number of benzene rings is 7. The van der Waals surface area contributed by atoms with Crippen LogP contribution in [0.3, 0.4) is 0 Å². The molecular formula is C47H34N4O. The Balaban J connectivity index is 1.16. The van der Waals surface area contributed by atoms with Crippen molar-refractivity contribution in [1.29, 1.82) is 0 Å². The van der Waals surface area contributed by atoms with E-state index >= 15 is 0 Å².